The molecule has 0 aliphatic carbocycles. The van der Waals surface area contributed by atoms with Crippen molar-refractivity contribution in [3.63, 3.8) is 0 Å². The van der Waals surface area contributed by atoms with Crippen molar-refractivity contribution in [3.05, 3.63) is 62.7 Å². The Labute approximate surface area is 121 Å². The fraction of sp³-hybridized carbons (Fsp3) is 0.143. The molecule has 0 bridgehead atoms. The summed E-state index contributed by atoms with van der Waals surface area (Å²) in [5.74, 6) is 0.598. The SMILES string of the molecule is Cc1cccc(Oc2cc(Cl)ccc2CN)c1[N+](=O)[O-]. The van der Waals surface area contributed by atoms with Gasteiger partial charge in [0.15, 0.2) is 0 Å². The van der Waals surface area contributed by atoms with Crippen molar-refractivity contribution in [2.75, 3.05) is 0 Å². The molecule has 0 atom stereocenters. The zero-order valence-electron chi connectivity index (χ0n) is 10.8. The van der Waals surface area contributed by atoms with Gasteiger partial charge in [-0.25, -0.2) is 0 Å². The Bertz CT molecular complexity index is 659. The van der Waals surface area contributed by atoms with Crippen LogP contribution in [0.15, 0.2) is 36.4 Å². The van der Waals surface area contributed by atoms with Gasteiger partial charge in [0.1, 0.15) is 5.75 Å². The minimum absolute atomic E-state index is 0.0598. The van der Waals surface area contributed by atoms with Gasteiger partial charge in [0, 0.05) is 22.7 Å². The molecular weight excluding hydrogens is 280 g/mol. The number of hydrogen-bond acceptors (Lipinski definition) is 4. The summed E-state index contributed by atoms with van der Waals surface area (Å²) in [4.78, 5) is 10.7. The maximum Gasteiger partial charge on any atom is 0.314 e. The van der Waals surface area contributed by atoms with Gasteiger partial charge in [-0.05, 0) is 25.1 Å². The topological polar surface area (TPSA) is 78.4 Å². The van der Waals surface area contributed by atoms with E-state index in [4.69, 9.17) is 22.1 Å². The molecule has 0 radical (unpaired) electrons. The molecule has 104 valence electrons. The summed E-state index contributed by atoms with van der Waals surface area (Å²) in [6, 6.07) is 9.93. The average Bonchev–Trinajstić information content (AvgIpc) is 2.38. The fourth-order valence-corrected chi connectivity index (χ4v) is 2.02. The lowest BCUT2D eigenvalue weighted by molar-refractivity contribution is -0.386. The van der Waals surface area contributed by atoms with E-state index < -0.39 is 4.92 Å². The molecule has 0 unspecified atom stereocenters. The van der Waals surface area contributed by atoms with Crippen molar-refractivity contribution in [1.82, 2.24) is 0 Å². The Kier molecular flexibility index (Phi) is 4.22. The summed E-state index contributed by atoms with van der Waals surface area (Å²) in [7, 11) is 0. The van der Waals surface area contributed by atoms with Gasteiger partial charge in [0.2, 0.25) is 5.75 Å². The normalized spacial score (nSPS) is 10.3. The Hall–Kier alpha value is -2.11. The van der Waals surface area contributed by atoms with E-state index in [1.807, 2.05) is 0 Å². The standard InChI is InChI=1S/C14H13ClN2O3/c1-9-3-2-4-12(14(9)17(18)19)20-13-7-11(15)6-5-10(13)8-16/h2-7H,8,16H2,1H3. The Morgan fingerprint density at radius 3 is 2.70 bits per heavy atom. The molecule has 0 aliphatic rings. The molecular formula is C14H13ClN2O3. The van der Waals surface area contributed by atoms with Gasteiger partial charge in [-0.2, -0.15) is 0 Å². The van der Waals surface area contributed by atoms with Crippen LogP contribution < -0.4 is 10.5 Å². The number of halogens is 1. The van der Waals surface area contributed by atoms with E-state index in [-0.39, 0.29) is 18.0 Å². The molecule has 0 saturated heterocycles. The molecule has 0 heterocycles. The number of hydrogen-bond donors (Lipinski definition) is 1. The van der Waals surface area contributed by atoms with Crippen molar-refractivity contribution >= 4 is 17.3 Å². The van der Waals surface area contributed by atoms with E-state index in [2.05, 4.69) is 0 Å². The molecule has 2 rings (SSSR count). The smallest absolute Gasteiger partial charge is 0.314 e. The highest BCUT2D eigenvalue weighted by molar-refractivity contribution is 6.30. The first-order chi connectivity index (χ1) is 9.52. The fourth-order valence-electron chi connectivity index (χ4n) is 1.86. The van der Waals surface area contributed by atoms with Crippen LogP contribution in [0.25, 0.3) is 0 Å². The summed E-state index contributed by atoms with van der Waals surface area (Å²) in [6.07, 6.45) is 0. The van der Waals surface area contributed by atoms with Crippen molar-refractivity contribution in [3.8, 4) is 11.5 Å². The molecule has 0 amide bonds. The number of rotatable bonds is 4. The lowest BCUT2D eigenvalue weighted by Gasteiger charge is -2.11. The molecule has 2 aromatic carbocycles. The van der Waals surface area contributed by atoms with Gasteiger partial charge in [-0.1, -0.05) is 29.8 Å². The van der Waals surface area contributed by atoms with Crippen LogP contribution in [0.1, 0.15) is 11.1 Å². The van der Waals surface area contributed by atoms with Gasteiger partial charge < -0.3 is 10.5 Å². The minimum atomic E-state index is -0.461. The van der Waals surface area contributed by atoms with Crippen molar-refractivity contribution in [2.24, 2.45) is 5.73 Å². The Morgan fingerprint density at radius 1 is 1.30 bits per heavy atom. The van der Waals surface area contributed by atoms with Crippen LogP contribution in [-0.4, -0.2) is 4.92 Å². The second-order valence-corrected chi connectivity index (χ2v) is 4.67. The van der Waals surface area contributed by atoms with Crippen LogP contribution in [0.5, 0.6) is 11.5 Å². The molecule has 0 fully saturated rings. The third kappa shape index (κ3) is 2.89. The first kappa shape index (κ1) is 14.3. The zero-order chi connectivity index (χ0) is 14.7. The van der Waals surface area contributed by atoms with Gasteiger partial charge >= 0.3 is 5.69 Å². The molecule has 0 aromatic heterocycles. The third-order valence-electron chi connectivity index (χ3n) is 2.85. The molecule has 20 heavy (non-hydrogen) atoms. The number of nitro groups is 1. The number of ether oxygens (including phenoxy) is 1. The number of benzene rings is 2. The van der Waals surface area contributed by atoms with E-state index in [1.165, 1.54) is 0 Å². The molecule has 2 aromatic rings. The molecule has 0 saturated carbocycles. The summed E-state index contributed by atoms with van der Waals surface area (Å²) in [5.41, 5.74) is 6.82. The number of para-hydroxylation sites is 1. The second-order valence-electron chi connectivity index (χ2n) is 4.24. The summed E-state index contributed by atoms with van der Waals surface area (Å²) in [5, 5.41) is 11.6. The van der Waals surface area contributed by atoms with Gasteiger partial charge in [0.05, 0.1) is 4.92 Å². The van der Waals surface area contributed by atoms with Gasteiger partial charge in [-0.15, -0.1) is 0 Å². The van der Waals surface area contributed by atoms with Crippen molar-refractivity contribution in [1.29, 1.82) is 0 Å². The van der Waals surface area contributed by atoms with Crippen molar-refractivity contribution in [2.45, 2.75) is 13.5 Å². The number of nitro benzene ring substituents is 1. The van der Waals surface area contributed by atoms with Crippen LogP contribution >= 0.6 is 11.6 Å². The predicted octanol–water partition coefficient (Wildman–Crippen LogP) is 3.81. The second kappa shape index (κ2) is 5.90. The monoisotopic (exact) mass is 292 g/mol. The van der Waals surface area contributed by atoms with Crippen LogP contribution in [0.3, 0.4) is 0 Å². The average molecular weight is 293 g/mol. The van der Waals surface area contributed by atoms with E-state index in [1.54, 1.807) is 43.3 Å². The van der Waals surface area contributed by atoms with Crippen LogP contribution in [0.2, 0.25) is 5.02 Å². The van der Waals surface area contributed by atoms with Crippen molar-refractivity contribution < 1.29 is 9.66 Å². The van der Waals surface area contributed by atoms with Gasteiger partial charge in [-0.3, -0.25) is 10.1 Å². The number of nitrogens with zero attached hydrogens (tertiary/aromatic N) is 1. The minimum Gasteiger partial charge on any atom is -0.450 e. The van der Waals surface area contributed by atoms with Gasteiger partial charge in [0.25, 0.3) is 0 Å². The highest BCUT2D eigenvalue weighted by atomic mass is 35.5. The summed E-state index contributed by atoms with van der Waals surface area (Å²) >= 11 is 5.92. The number of aryl methyl sites for hydroxylation is 1. The highest BCUT2D eigenvalue weighted by Gasteiger charge is 2.19. The maximum absolute atomic E-state index is 11.1. The quantitative estimate of drug-likeness (QED) is 0.686. The maximum atomic E-state index is 11.1. The van der Waals surface area contributed by atoms with E-state index in [9.17, 15) is 10.1 Å². The molecule has 0 aliphatic heterocycles. The zero-order valence-corrected chi connectivity index (χ0v) is 11.6. The Morgan fingerprint density at radius 2 is 2.05 bits per heavy atom. The lowest BCUT2D eigenvalue weighted by atomic mass is 10.1. The highest BCUT2D eigenvalue weighted by Crippen LogP contribution is 2.36. The Balaban J connectivity index is 2.48. The van der Waals surface area contributed by atoms with Crippen LogP contribution in [0, 0.1) is 17.0 Å². The largest absolute Gasteiger partial charge is 0.450 e. The molecule has 2 N–H and O–H groups in total. The van der Waals surface area contributed by atoms with E-state index in [0.717, 1.165) is 5.56 Å². The lowest BCUT2D eigenvalue weighted by Crippen LogP contribution is -2.01. The van der Waals surface area contributed by atoms with E-state index >= 15 is 0 Å². The first-order valence-corrected chi connectivity index (χ1v) is 6.31. The first-order valence-electron chi connectivity index (χ1n) is 5.93. The molecule has 0 spiro atoms. The third-order valence-corrected chi connectivity index (χ3v) is 3.09. The van der Waals surface area contributed by atoms with Crippen LogP contribution in [-0.2, 0) is 6.54 Å². The molecule has 6 heteroatoms. The predicted molar refractivity (Wildman–Crippen MR) is 77.3 cm³/mol. The summed E-state index contributed by atoms with van der Waals surface area (Å²) in [6.45, 7) is 1.92. The van der Waals surface area contributed by atoms with Crippen LogP contribution in [0.4, 0.5) is 5.69 Å². The number of nitrogens with two attached hydrogens (primary N) is 1. The van der Waals surface area contributed by atoms with E-state index in [0.29, 0.717) is 16.3 Å². The summed E-state index contributed by atoms with van der Waals surface area (Å²) < 4.78 is 5.65. The molecule has 5 nitrogen and oxygen atoms in total.